The number of aromatic nitrogens is 2. The van der Waals surface area contributed by atoms with Gasteiger partial charge in [-0.2, -0.15) is 16.9 Å². The average molecular weight is 297 g/mol. The fraction of sp³-hybridized carbons (Fsp3) is 0.714. The molecule has 1 rings (SSSR count). The Morgan fingerprint density at radius 2 is 2.20 bits per heavy atom. The van der Waals surface area contributed by atoms with E-state index < -0.39 is 0 Å². The summed E-state index contributed by atoms with van der Waals surface area (Å²) in [6.07, 6.45) is 9.40. The van der Waals surface area contributed by atoms with E-state index in [2.05, 4.69) is 33.9 Å². The number of aliphatic imine (C=N–C) groups is 1. The number of nitrogens with zero attached hydrogens (tertiary/aromatic N) is 3. The summed E-state index contributed by atoms with van der Waals surface area (Å²) < 4.78 is 1.94. The fourth-order valence-corrected chi connectivity index (χ4v) is 2.27. The predicted octanol–water partition coefficient (Wildman–Crippen LogP) is 1.97. The molecule has 0 amide bonds. The molecule has 1 aromatic rings. The maximum absolute atomic E-state index is 4.58. The Morgan fingerprint density at radius 1 is 1.30 bits per heavy atom. The summed E-state index contributed by atoms with van der Waals surface area (Å²) in [5.41, 5.74) is 0. The molecule has 0 aliphatic heterocycles. The van der Waals surface area contributed by atoms with Gasteiger partial charge in [0.25, 0.3) is 0 Å². The number of aryl methyl sites for hydroxylation is 1. The Balaban J connectivity index is 2.16. The Morgan fingerprint density at radius 3 is 2.90 bits per heavy atom. The first kappa shape index (κ1) is 16.9. The van der Waals surface area contributed by atoms with Crippen LogP contribution < -0.4 is 10.6 Å². The molecule has 0 atom stereocenters. The van der Waals surface area contributed by atoms with E-state index in [1.165, 1.54) is 18.6 Å². The number of rotatable bonds is 10. The zero-order valence-electron chi connectivity index (χ0n) is 12.6. The standard InChI is InChI=1S/C14H27N5S/c1-3-15-14(16-8-4-5-13-20-2)17-9-6-11-19-12-7-10-18-19/h7,10,12H,3-6,8-9,11,13H2,1-2H3,(H2,15,16,17). The Bertz CT molecular complexity index is 350. The highest BCUT2D eigenvalue weighted by Gasteiger charge is 1.96. The molecule has 114 valence electrons. The van der Waals surface area contributed by atoms with Crippen LogP contribution in [0.2, 0.25) is 0 Å². The van der Waals surface area contributed by atoms with Crippen LogP contribution in [0.15, 0.2) is 23.5 Å². The van der Waals surface area contributed by atoms with Gasteiger partial charge < -0.3 is 10.6 Å². The first-order chi connectivity index (χ1) is 9.86. The van der Waals surface area contributed by atoms with Crippen molar-refractivity contribution in [1.82, 2.24) is 20.4 Å². The Kier molecular flexibility index (Phi) is 9.83. The van der Waals surface area contributed by atoms with Crippen LogP contribution in [-0.4, -0.2) is 47.4 Å². The average Bonchev–Trinajstić information content (AvgIpc) is 2.96. The normalized spacial score (nSPS) is 11.6. The molecule has 0 aliphatic carbocycles. The lowest BCUT2D eigenvalue weighted by molar-refractivity contribution is 0.583. The van der Waals surface area contributed by atoms with E-state index in [1.54, 1.807) is 0 Å². The van der Waals surface area contributed by atoms with E-state index in [0.29, 0.717) is 0 Å². The number of hydrogen-bond acceptors (Lipinski definition) is 3. The lowest BCUT2D eigenvalue weighted by Crippen LogP contribution is -2.37. The summed E-state index contributed by atoms with van der Waals surface area (Å²) in [4.78, 5) is 4.58. The van der Waals surface area contributed by atoms with E-state index in [4.69, 9.17) is 0 Å². The smallest absolute Gasteiger partial charge is 0.191 e. The molecule has 1 heterocycles. The van der Waals surface area contributed by atoms with Gasteiger partial charge in [-0.3, -0.25) is 9.67 Å². The second-order valence-electron chi connectivity index (χ2n) is 4.51. The van der Waals surface area contributed by atoms with Crippen LogP contribution in [0.1, 0.15) is 26.2 Å². The molecule has 2 N–H and O–H groups in total. The monoisotopic (exact) mass is 297 g/mol. The van der Waals surface area contributed by atoms with Crippen LogP contribution in [0.3, 0.4) is 0 Å². The molecule has 0 saturated heterocycles. The highest BCUT2D eigenvalue weighted by atomic mass is 32.2. The van der Waals surface area contributed by atoms with Gasteiger partial charge in [0.1, 0.15) is 0 Å². The first-order valence-electron chi connectivity index (χ1n) is 7.35. The predicted molar refractivity (Wildman–Crippen MR) is 88.4 cm³/mol. The van der Waals surface area contributed by atoms with E-state index in [-0.39, 0.29) is 0 Å². The van der Waals surface area contributed by atoms with Crippen molar-refractivity contribution in [2.45, 2.75) is 32.7 Å². The SMILES string of the molecule is CCNC(=NCCCn1cccn1)NCCCCSC. The third-order valence-corrected chi connectivity index (χ3v) is 3.48. The molecule has 0 spiro atoms. The van der Waals surface area contributed by atoms with Gasteiger partial charge >= 0.3 is 0 Å². The minimum Gasteiger partial charge on any atom is -0.357 e. The summed E-state index contributed by atoms with van der Waals surface area (Å²) in [5, 5.41) is 10.8. The summed E-state index contributed by atoms with van der Waals surface area (Å²) in [7, 11) is 0. The van der Waals surface area contributed by atoms with Crippen molar-refractivity contribution in [3.8, 4) is 0 Å². The largest absolute Gasteiger partial charge is 0.357 e. The van der Waals surface area contributed by atoms with Gasteiger partial charge in [0, 0.05) is 38.6 Å². The number of hydrogen-bond donors (Lipinski definition) is 2. The van der Waals surface area contributed by atoms with E-state index in [0.717, 1.165) is 38.6 Å². The van der Waals surface area contributed by atoms with Crippen LogP contribution >= 0.6 is 11.8 Å². The number of guanidine groups is 1. The van der Waals surface area contributed by atoms with Gasteiger partial charge in [0.05, 0.1) is 0 Å². The summed E-state index contributed by atoms with van der Waals surface area (Å²) in [6.45, 7) is 5.72. The lowest BCUT2D eigenvalue weighted by Gasteiger charge is -2.11. The highest BCUT2D eigenvalue weighted by molar-refractivity contribution is 7.98. The number of nitrogens with one attached hydrogen (secondary N) is 2. The van der Waals surface area contributed by atoms with Gasteiger partial charge in [-0.25, -0.2) is 0 Å². The lowest BCUT2D eigenvalue weighted by atomic mass is 10.3. The van der Waals surface area contributed by atoms with Crippen LogP contribution in [-0.2, 0) is 6.54 Å². The van der Waals surface area contributed by atoms with Crippen molar-refractivity contribution < 1.29 is 0 Å². The maximum atomic E-state index is 4.58. The zero-order chi connectivity index (χ0) is 14.5. The summed E-state index contributed by atoms with van der Waals surface area (Å²) >= 11 is 1.90. The molecule has 1 aromatic heterocycles. The van der Waals surface area contributed by atoms with Gasteiger partial charge in [0.15, 0.2) is 5.96 Å². The summed E-state index contributed by atoms with van der Waals surface area (Å²) in [6, 6.07) is 1.95. The van der Waals surface area contributed by atoms with Gasteiger partial charge in [0.2, 0.25) is 0 Å². The van der Waals surface area contributed by atoms with Gasteiger partial charge in [-0.05, 0) is 44.3 Å². The quantitative estimate of drug-likeness (QED) is 0.394. The minimum absolute atomic E-state index is 0.819. The summed E-state index contributed by atoms with van der Waals surface area (Å²) in [5.74, 6) is 2.16. The Hall–Kier alpha value is -1.17. The fourth-order valence-electron chi connectivity index (χ4n) is 1.78. The molecule has 0 unspecified atom stereocenters. The molecular weight excluding hydrogens is 270 g/mol. The van der Waals surface area contributed by atoms with E-state index in [9.17, 15) is 0 Å². The number of thioether (sulfide) groups is 1. The molecule has 6 heteroatoms. The highest BCUT2D eigenvalue weighted by Crippen LogP contribution is 1.97. The van der Waals surface area contributed by atoms with Crippen molar-refractivity contribution in [3.63, 3.8) is 0 Å². The molecule has 0 bridgehead atoms. The maximum Gasteiger partial charge on any atom is 0.191 e. The Labute approximate surface area is 126 Å². The molecule has 0 radical (unpaired) electrons. The van der Waals surface area contributed by atoms with Crippen molar-refractivity contribution in [2.75, 3.05) is 31.6 Å². The topological polar surface area (TPSA) is 54.2 Å². The van der Waals surface area contributed by atoms with Crippen molar-refractivity contribution in [1.29, 1.82) is 0 Å². The molecule has 5 nitrogen and oxygen atoms in total. The van der Waals surface area contributed by atoms with Crippen LogP contribution in [0, 0.1) is 0 Å². The third kappa shape index (κ3) is 8.09. The van der Waals surface area contributed by atoms with Crippen molar-refractivity contribution >= 4 is 17.7 Å². The molecule has 0 fully saturated rings. The molecule has 0 aliphatic rings. The van der Waals surface area contributed by atoms with Crippen LogP contribution in [0.25, 0.3) is 0 Å². The minimum atomic E-state index is 0.819. The van der Waals surface area contributed by atoms with E-state index >= 15 is 0 Å². The van der Waals surface area contributed by atoms with Gasteiger partial charge in [-0.1, -0.05) is 0 Å². The van der Waals surface area contributed by atoms with Crippen molar-refractivity contribution in [2.24, 2.45) is 4.99 Å². The second kappa shape index (κ2) is 11.6. The first-order valence-corrected chi connectivity index (χ1v) is 8.74. The third-order valence-electron chi connectivity index (χ3n) is 2.79. The number of unbranched alkanes of at least 4 members (excludes halogenated alkanes) is 1. The van der Waals surface area contributed by atoms with Gasteiger partial charge in [-0.15, -0.1) is 0 Å². The van der Waals surface area contributed by atoms with Crippen molar-refractivity contribution in [3.05, 3.63) is 18.5 Å². The van der Waals surface area contributed by atoms with Crippen LogP contribution in [0.5, 0.6) is 0 Å². The molecule has 0 saturated carbocycles. The molecular formula is C14H27N5S. The van der Waals surface area contributed by atoms with Crippen LogP contribution in [0.4, 0.5) is 0 Å². The van der Waals surface area contributed by atoms with E-state index in [1.807, 2.05) is 34.9 Å². The molecule has 20 heavy (non-hydrogen) atoms. The zero-order valence-corrected chi connectivity index (χ0v) is 13.5. The second-order valence-corrected chi connectivity index (χ2v) is 5.50. The molecule has 0 aromatic carbocycles.